The predicted octanol–water partition coefficient (Wildman–Crippen LogP) is 4.20. The normalized spacial score (nSPS) is 17.0. The summed E-state index contributed by atoms with van der Waals surface area (Å²) in [5, 5.41) is 9.92. The molecule has 0 unspecified atom stereocenters. The number of carbonyl (C=O) groups excluding carboxylic acids is 1. The van der Waals surface area contributed by atoms with Crippen molar-refractivity contribution in [2.24, 2.45) is 5.41 Å². The lowest BCUT2D eigenvalue weighted by Gasteiger charge is -2.30. The van der Waals surface area contributed by atoms with Gasteiger partial charge in [-0.3, -0.25) is 14.9 Å². The molecule has 2 heterocycles. The average Bonchev–Trinajstić information content (AvgIpc) is 3.46. The van der Waals surface area contributed by atoms with E-state index in [1.807, 2.05) is 25.1 Å². The lowest BCUT2D eigenvalue weighted by molar-refractivity contribution is -0.194. The number of amides is 1. The number of fused-ring (bicyclic) bond motifs is 1. The van der Waals surface area contributed by atoms with E-state index in [1.54, 1.807) is 18.3 Å². The van der Waals surface area contributed by atoms with Crippen LogP contribution in [-0.4, -0.2) is 58.8 Å². The van der Waals surface area contributed by atoms with Gasteiger partial charge in [-0.1, -0.05) is 6.07 Å². The number of hydrogen-bond acceptors (Lipinski definition) is 4. The Morgan fingerprint density at radius 3 is 2.65 bits per heavy atom. The standard InChI is InChI=1S/C24H27F4N5O/c1-33(2)18(9-15-8-17-13-31-32-22(17)20(25)10-15)14-30-21(34)11-19(16-4-3-7-29-12-16)23(5-6-23)24(26,27)28/h3-4,7-8,10,12-13,18-19H,5-6,9,11,14H2,1-2H3,(H,30,34)(H,31,32)/t18-,19+/m0/s1. The second-order valence-corrected chi connectivity index (χ2v) is 9.23. The van der Waals surface area contributed by atoms with Crippen molar-refractivity contribution in [2.75, 3.05) is 20.6 Å². The van der Waals surface area contributed by atoms with Gasteiger partial charge in [0, 0.05) is 42.7 Å². The molecule has 34 heavy (non-hydrogen) atoms. The molecule has 3 aromatic rings. The first-order valence-electron chi connectivity index (χ1n) is 11.1. The Labute approximate surface area is 194 Å². The zero-order chi connectivity index (χ0) is 24.5. The van der Waals surface area contributed by atoms with E-state index in [2.05, 4.69) is 20.5 Å². The van der Waals surface area contributed by atoms with E-state index in [1.165, 1.54) is 18.5 Å². The van der Waals surface area contributed by atoms with E-state index in [-0.39, 0.29) is 31.8 Å². The first-order valence-corrected chi connectivity index (χ1v) is 11.1. The summed E-state index contributed by atoms with van der Waals surface area (Å²) in [4.78, 5) is 18.7. The zero-order valence-electron chi connectivity index (χ0n) is 19.0. The quantitative estimate of drug-likeness (QED) is 0.453. The van der Waals surface area contributed by atoms with Gasteiger partial charge < -0.3 is 10.2 Å². The highest BCUT2D eigenvalue weighted by Gasteiger charge is 2.67. The van der Waals surface area contributed by atoms with Gasteiger partial charge in [0.15, 0.2) is 0 Å². The summed E-state index contributed by atoms with van der Waals surface area (Å²) in [6.07, 6.45) is 0.241. The summed E-state index contributed by atoms with van der Waals surface area (Å²) in [5.41, 5.74) is -0.396. The van der Waals surface area contributed by atoms with Crippen molar-refractivity contribution in [3.8, 4) is 0 Å². The Morgan fingerprint density at radius 1 is 1.26 bits per heavy atom. The van der Waals surface area contributed by atoms with Gasteiger partial charge in [-0.25, -0.2) is 4.39 Å². The highest BCUT2D eigenvalue weighted by Crippen LogP contribution is 2.66. The molecular formula is C24H27F4N5O. The fourth-order valence-corrected chi connectivity index (χ4v) is 4.57. The third kappa shape index (κ3) is 4.91. The van der Waals surface area contributed by atoms with Crippen LogP contribution in [0.2, 0.25) is 0 Å². The minimum atomic E-state index is -4.39. The molecule has 1 saturated carbocycles. The molecule has 1 amide bonds. The van der Waals surface area contributed by atoms with Crippen LogP contribution in [0.15, 0.2) is 42.9 Å². The molecule has 10 heteroatoms. The summed E-state index contributed by atoms with van der Waals surface area (Å²) >= 11 is 0. The molecule has 0 bridgehead atoms. The molecule has 4 rings (SSSR count). The largest absolute Gasteiger partial charge is 0.395 e. The lowest BCUT2D eigenvalue weighted by Crippen LogP contribution is -2.42. The van der Waals surface area contributed by atoms with Crippen LogP contribution in [-0.2, 0) is 11.2 Å². The Balaban J connectivity index is 1.44. The van der Waals surface area contributed by atoms with E-state index >= 15 is 0 Å². The van der Waals surface area contributed by atoms with E-state index < -0.39 is 29.2 Å². The van der Waals surface area contributed by atoms with Gasteiger partial charge in [-0.05, 0) is 62.7 Å². The van der Waals surface area contributed by atoms with Gasteiger partial charge in [0.05, 0.1) is 11.6 Å². The zero-order valence-corrected chi connectivity index (χ0v) is 19.0. The van der Waals surface area contributed by atoms with Gasteiger partial charge in [-0.2, -0.15) is 18.3 Å². The van der Waals surface area contributed by atoms with Crippen molar-refractivity contribution in [1.29, 1.82) is 0 Å². The van der Waals surface area contributed by atoms with Crippen LogP contribution in [0.1, 0.15) is 36.3 Å². The SMILES string of the molecule is CN(C)[C@H](CNC(=O)C[C@H](c1cccnc1)C1(C(F)(F)F)CC1)Cc1cc(F)c2[nH]ncc2c1. The van der Waals surface area contributed by atoms with Crippen molar-refractivity contribution in [3.63, 3.8) is 0 Å². The summed E-state index contributed by atoms with van der Waals surface area (Å²) < 4.78 is 55.9. The van der Waals surface area contributed by atoms with Crippen molar-refractivity contribution >= 4 is 16.8 Å². The minimum Gasteiger partial charge on any atom is -0.355 e. The molecular weight excluding hydrogens is 450 g/mol. The van der Waals surface area contributed by atoms with Gasteiger partial charge in [0.2, 0.25) is 5.91 Å². The van der Waals surface area contributed by atoms with Crippen molar-refractivity contribution in [1.82, 2.24) is 25.4 Å². The summed E-state index contributed by atoms with van der Waals surface area (Å²) in [5.74, 6) is -1.85. The number of aromatic nitrogens is 3. The highest BCUT2D eigenvalue weighted by atomic mass is 19.4. The Morgan fingerprint density at radius 2 is 2.03 bits per heavy atom. The number of pyridine rings is 1. The smallest absolute Gasteiger partial charge is 0.355 e. The summed E-state index contributed by atoms with van der Waals surface area (Å²) in [6, 6.07) is 6.27. The number of likely N-dealkylation sites (N-methyl/N-ethyl adjacent to an activating group) is 1. The van der Waals surface area contributed by atoms with Crippen LogP contribution in [0.5, 0.6) is 0 Å². The number of nitrogens with zero attached hydrogens (tertiary/aromatic N) is 3. The minimum absolute atomic E-state index is 0.00567. The van der Waals surface area contributed by atoms with E-state index in [0.717, 1.165) is 5.56 Å². The Bertz CT molecular complexity index is 1140. The fraction of sp³-hybridized carbons (Fsp3) is 0.458. The number of hydrogen-bond donors (Lipinski definition) is 2. The highest BCUT2D eigenvalue weighted by molar-refractivity contribution is 5.79. The van der Waals surface area contributed by atoms with Gasteiger partial charge in [-0.15, -0.1) is 0 Å². The van der Waals surface area contributed by atoms with Gasteiger partial charge in [0.1, 0.15) is 11.3 Å². The molecule has 0 aliphatic heterocycles. The molecule has 0 spiro atoms. The number of alkyl halides is 3. The Kier molecular flexibility index (Phi) is 6.62. The molecule has 1 aromatic carbocycles. The van der Waals surface area contributed by atoms with Crippen LogP contribution in [0.4, 0.5) is 17.6 Å². The maximum atomic E-state index is 14.3. The van der Waals surface area contributed by atoms with Crippen molar-refractivity contribution in [2.45, 2.75) is 43.8 Å². The van der Waals surface area contributed by atoms with E-state index in [0.29, 0.717) is 22.9 Å². The first-order chi connectivity index (χ1) is 16.1. The lowest BCUT2D eigenvalue weighted by atomic mass is 9.80. The predicted molar refractivity (Wildman–Crippen MR) is 120 cm³/mol. The number of carbonyl (C=O) groups is 1. The number of H-pyrrole nitrogens is 1. The molecule has 0 radical (unpaired) electrons. The number of halogens is 4. The molecule has 182 valence electrons. The average molecular weight is 478 g/mol. The third-order valence-corrected chi connectivity index (χ3v) is 6.79. The van der Waals surface area contributed by atoms with Crippen LogP contribution < -0.4 is 5.32 Å². The van der Waals surface area contributed by atoms with Crippen LogP contribution in [0.3, 0.4) is 0 Å². The second-order valence-electron chi connectivity index (χ2n) is 9.23. The molecule has 1 aliphatic carbocycles. The molecule has 0 saturated heterocycles. The van der Waals surface area contributed by atoms with E-state index in [9.17, 15) is 22.4 Å². The van der Waals surface area contributed by atoms with Gasteiger partial charge >= 0.3 is 6.18 Å². The number of rotatable bonds is 9. The van der Waals surface area contributed by atoms with Crippen molar-refractivity contribution in [3.05, 3.63) is 59.8 Å². The molecule has 1 aliphatic rings. The molecule has 2 aromatic heterocycles. The second kappa shape index (κ2) is 9.32. The number of benzene rings is 1. The number of nitrogens with one attached hydrogen (secondary N) is 2. The van der Waals surface area contributed by atoms with Crippen LogP contribution in [0.25, 0.3) is 10.9 Å². The molecule has 2 atom stereocenters. The van der Waals surface area contributed by atoms with Gasteiger partial charge in [0.25, 0.3) is 0 Å². The maximum Gasteiger partial charge on any atom is 0.395 e. The number of aromatic amines is 1. The van der Waals surface area contributed by atoms with Crippen molar-refractivity contribution < 1.29 is 22.4 Å². The Hall–Kier alpha value is -3.01. The molecule has 1 fully saturated rings. The molecule has 2 N–H and O–H groups in total. The monoisotopic (exact) mass is 477 g/mol. The molecule has 6 nitrogen and oxygen atoms in total. The summed E-state index contributed by atoms with van der Waals surface area (Å²) in [6.45, 7) is 0.218. The topological polar surface area (TPSA) is 73.9 Å². The van der Waals surface area contributed by atoms with Crippen LogP contribution >= 0.6 is 0 Å². The fourth-order valence-electron chi connectivity index (χ4n) is 4.57. The maximum absolute atomic E-state index is 14.3. The third-order valence-electron chi connectivity index (χ3n) is 6.79. The van der Waals surface area contributed by atoms with Crippen LogP contribution in [0, 0.1) is 11.2 Å². The van der Waals surface area contributed by atoms with E-state index in [4.69, 9.17) is 0 Å². The first kappa shape index (κ1) is 24.1. The summed E-state index contributed by atoms with van der Waals surface area (Å²) in [7, 11) is 3.68.